The van der Waals surface area contributed by atoms with Crippen LogP contribution < -0.4 is 5.32 Å². The van der Waals surface area contributed by atoms with E-state index in [-0.39, 0.29) is 12.0 Å². The van der Waals surface area contributed by atoms with E-state index in [1.807, 2.05) is 32.9 Å². The fourth-order valence-electron chi connectivity index (χ4n) is 4.36. The first-order valence-corrected chi connectivity index (χ1v) is 12.3. The highest BCUT2D eigenvalue weighted by molar-refractivity contribution is 5.94. The van der Waals surface area contributed by atoms with Crippen molar-refractivity contribution in [1.29, 1.82) is 0 Å². The predicted molar refractivity (Wildman–Crippen MR) is 133 cm³/mol. The van der Waals surface area contributed by atoms with Crippen molar-refractivity contribution < 1.29 is 19.4 Å². The van der Waals surface area contributed by atoms with Crippen LogP contribution in [-0.2, 0) is 4.74 Å². The molecule has 1 aromatic carbocycles. The smallest absolute Gasteiger partial charge is 0.410 e. The van der Waals surface area contributed by atoms with Gasteiger partial charge in [0.05, 0.1) is 24.2 Å². The summed E-state index contributed by atoms with van der Waals surface area (Å²) in [7, 11) is 0. The summed E-state index contributed by atoms with van der Waals surface area (Å²) in [5.74, 6) is 1.11. The molecule has 0 spiro atoms. The van der Waals surface area contributed by atoms with E-state index in [0.717, 1.165) is 30.6 Å². The minimum atomic E-state index is -0.474. The number of aromatic nitrogens is 2. The number of anilines is 1. The van der Waals surface area contributed by atoms with Gasteiger partial charge in [0.15, 0.2) is 0 Å². The first-order chi connectivity index (χ1) is 16.7. The number of hydrogen-bond acceptors (Lipinski definition) is 7. The summed E-state index contributed by atoms with van der Waals surface area (Å²) in [6.07, 6.45) is 5.24. The van der Waals surface area contributed by atoms with Crippen molar-refractivity contribution >= 4 is 17.8 Å². The molecule has 35 heavy (non-hydrogen) atoms. The standard InChI is InChI=1S/C26H35N5O4/c1-26(2,3)35-25(34)30-11-8-18(9-12-30)14-28-23-16-27-22(15-29-23)19-4-6-20(7-5-19)24(33)31-13-10-21(32)17-31/h4-7,15-16,18,21,32H,8-14,17H2,1-3H3,(H,28,29). The number of piperidine rings is 1. The number of carbonyl (C=O) groups excluding carboxylic acids is 2. The predicted octanol–water partition coefficient (Wildman–Crippen LogP) is 3.41. The molecule has 1 atom stereocenters. The lowest BCUT2D eigenvalue weighted by Gasteiger charge is -2.33. The number of amides is 2. The zero-order valence-corrected chi connectivity index (χ0v) is 20.7. The van der Waals surface area contributed by atoms with Crippen molar-refractivity contribution in [2.24, 2.45) is 5.92 Å². The minimum absolute atomic E-state index is 0.0596. The molecule has 2 amide bonds. The summed E-state index contributed by atoms with van der Waals surface area (Å²) in [5, 5.41) is 13.0. The Balaban J connectivity index is 1.24. The van der Waals surface area contributed by atoms with Gasteiger partial charge < -0.3 is 25.0 Å². The van der Waals surface area contributed by atoms with E-state index >= 15 is 0 Å². The van der Waals surface area contributed by atoms with E-state index in [2.05, 4.69) is 15.3 Å². The Morgan fingerprint density at radius 3 is 2.29 bits per heavy atom. The number of benzene rings is 1. The molecule has 188 valence electrons. The third-order valence-electron chi connectivity index (χ3n) is 6.37. The molecule has 0 radical (unpaired) electrons. The molecule has 4 rings (SSSR count). The molecular formula is C26H35N5O4. The summed E-state index contributed by atoms with van der Waals surface area (Å²) in [6.45, 7) is 8.79. The molecule has 0 saturated carbocycles. The first kappa shape index (κ1) is 24.9. The van der Waals surface area contributed by atoms with E-state index in [4.69, 9.17) is 4.74 Å². The lowest BCUT2D eigenvalue weighted by Crippen LogP contribution is -2.42. The lowest BCUT2D eigenvalue weighted by molar-refractivity contribution is 0.0188. The van der Waals surface area contributed by atoms with Gasteiger partial charge in [0.1, 0.15) is 11.4 Å². The molecule has 2 aliphatic heterocycles. The average Bonchev–Trinajstić information content (AvgIpc) is 3.28. The molecule has 2 N–H and O–H groups in total. The fraction of sp³-hybridized carbons (Fsp3) is 0.538. The summed E-state index contributed by atoms with van der Waals surface area (Å²) in [4.78, 5) is 37.2. The SMILES string of the molecule is CC(C)(C)OC(=O)N1CCC(CNc2cnc(-c3ccc(C(=O)N4CCC(O)C4)cc3)cn2)CC1. The number of β-amino-alcohol motifs (C(OH)–C–C–N with tert-alkyl or cyclic N) is 1. The number of aliphatic hydroxyl groups excluding tert-OH is 1. The van der Waals surface area contributed by atoms with Gasteiger partial charge in [0, 0.05) is 43.9 Å². The van der Waals surface area contributed by atoms with Gasteiger partial charge in [-0.25, -0.2) is 9.78 Å². The van der Waals surface area contributed by atoms with Crippen molar-refractivity contribution in [2.75, 3.05) is 38.0 Å². The quantitative estimate of drug-likeness (QED) is 0.674. The molecule has 2 saturated heterocycles. The van der Waals surface area contributed by atoms with E-state index in [0.29, 0.717) is 49.9 Å². The van der Waals surface area contributed by atoms with Gasteiger partial charge in [-0.05, 0) is 58.1 Å². The maximum atomic E-state index is 12.5. The van der Waals surface area contributed by atoms with Crippen molar-refractivity contribution in [3.8, 4) is 11.3 Å². The lowest BCUT2D eigenvalue weighted by atomic mass is 9.97. The highest BCUT2D eigenvalue weighted by atomic mass is 16.6. The molecular weight excluding hydrogens is 446 g/mol. The monoisotopic (exact) mass is 481 g/mol. The summed E-state index contributed by atoms with van der Waals surface area (Å²) in [5.41, 5.74) is 1.75. The summed E-state index contributed by atoms with van der Waals surface area (Å²) in [6, 6.07) is 7.32. The van der Waals surface area contributed by atoms with Gasteiger partial charge in [-0.2, -0.15) is 0 Å². The van der Waals surface area contributed by atoms with E-state index < -0.39 is 11.7 Å². The number of hydrogen-bond donors (Lipinski definition) is 2. The van der Waals surface area contributed by atoms with E-state index in [1.165, 1.54) is 0 Å². The molecule has 3 heterocycles. The number of aliphatic hydroxyl groups is 1. The van der Waals surface area contributed by atoms with Gasteiger partial charge in [-0.3, -0.25) is 9.78 Å². The molecule has 0 bridgehead atoms. The molecule has 1 aromatic heterocycles. The Bertz CT molecular complexity index is 1010. The second kappa shape index (κ2) is 10.6. The van der Waals surface area contributed by atoms with Crippen LogP contribution in [0, 0.1) is 5.92 Å². The molecule has 2 fully saturated rings. The molecule has 1 unspecified atom stereocenters. The van der Waals surface area contributed by atoms with Crippen LogP contribution in [-0.4, -0.2) is 81.3 Å². The second-order valence-electron chi connectivity index (χ2n) is 10.3. The van der Waals surface area contributed by atoms with Gasteiger partial charge in [0.2, 0.25) is 0 Å². The zero-order chi connectivity index (χ0) is 25.0. The highest BCUT2D eigenvalue weighted by Crippen LogP contribution is 2.22. The third-order valence-corrected chi connectivity index (χ3v) is 6.37. The van der Waals surface area contributed by atoms with Crippen LogP contribution in [0.3, 0.4) is 0 Å². The first-order valence-electron chi connectivity index (χ1n) is 12.3. The maximum Gasteiger partial charge on any atom is 0.410 e. The topological polar surface area (TPSA) is 108 Å². The van der Waals surface area contributed by atoms with Crippen LogP contribution in [0.2, 0.25) is 0 Å². The Morgan fingerprint density at radius 2 is 1.71 bits per heavy atom. The number of carbonyl (C=O) groups is 2. The number of likely N-dealkylation sites (tertiary alicyclic amines) is 2. The van der Waals surface area contributed by atoms with E-state index in [1.54, 1.807) is 34.3 Å². The van der Waals surface area contributed by atoms with Crippen LogP contribution in [0.15, 0.2) is 36.7 Å². The van der Waals surface area contributed by atoms with Crippen molar-refractivity contribution in [3.05, 3.63) is 42.2 Å². The molecule has 2 aromatic rings. The minimum Gasteiger partial charge on any atom is -0.444 e. The zero-order valence-electron chi connectivity index (χ0n) is 20.7. The van der Waals surface area contributed by atoms with Crippen molar-refractivity contribution in [2.45, 2.75) is 51.7 Å². The molecule has 0 aliphatic carbocycles. The third kappa shape index (κ3) is 6.69. The van der Waals surface area contributed by atoms with Crippen LogP contribution in [0.25, 0.3) is 11.3 Å². The average molecular weight is 482 g/mol. The summed E-state index contributed by atoms with van der Waals surface area (Å²) < 4.78 is 5.46. The number of rotatable bonds is 5. The van der Waals surface area contributed by atoms with Crippen molar-refractivity contribution in [3.63, 3.8) is 0 Å². The Hall–Kier alpha value is -3.20. The van der Waals surface area contributed by atoms with Crippen molar-refractivity contribution in [1.82, 2.24) is 19.8 Å². The Morgan fingerprint density at radius 1 is 1.03 bits per heavy atom. The number of nitrogens with zero attached hydrogens (tertiary/aromatic N) is 4. The highest BCUT2D eigenvalue weighted by Gasteiger charge is 2.27. The molecule has 9 heteroatoms. The van der Waals surface area contributed by atoms with Crippen LogP contribution in [0.4, 0.5) is 10.6 Å². The number of ether oxygens (including phenoxy) is 1. The second-order valence-corrected chi connectivity index (χ2v) is 10.3. The number of nitrogens with one attached hydrogen (secondary N) is 1. The van der Waals surface area contributed by atoms with Crippen LogP contribution >= 0.6 is 0 Å². The largest absolute Gasteiger partial charge is 0.444 e. The maximum absolute atomic E-state index is 12.5. The molecule has 2 aliphatic rings. The fourth-order valence-corrected chi connectivity index (χ4v) is 4.36. The van der Waals surface area contributed by atoms with Gasteiger partial charge in [0.25, 0.3) is 5.91 Å². The van der Waals surface area contributed by atoms with Gasteiger partial charge >= 0.3 is 6.09 Å². The Kier molecular flexibility index (Phi) is 7.54. The van der Waals surface area contributed by atoms with Gasteiger partial charge in [-0.1, -0.05) is 12.1 Å². The Labute approximate surface area is 206 Å². The normalized spacial score (nSPS) is 19.0. The van der Waals surface area contributed by atoms with E-state index in [9.17, 15) is 14.7 Å². The van der Waals surface area contributed by atoms with Crippen LogP contribution in [0.5, 0.6) is 0 Å². The summed E-state index contributed by atoms with van der Waals surface area (Å²) >= 11 is 0. The van der Waals surface area contributed by atoms with Crippen LogP contribution in [0.1, 0.15) is 50.4 Å². The van der Waals surface area contributed by atoms with Gasteiger partial charge in [-0.15, -0.1) is 0 Å². The molecule has 9 nitrogen and oxygen atoms in total.